The molecule has 2 fully saturated rings. The molecule has 3 rings (SSSR count). The topological polar surface area (TPSA) is 46.6 Å². The molecule has 20 heavy (non-hydrogen) atoms. The van der Waals surface area contributed by atoms with E-state index in [4.69, 9.17) is 4.74 Å². The first kappa shape index (κ1) is 13.2. The van der Waals surface area contributed by atoms with Crippen molar-refractivity contribution in [3.63, 3.8) is 0 Å². The molecule has 0 aromatic heterocycles. The maximum Gasteiger partial charge on any atom is 0.410 e. The second-order valence-corrected chi connectivity index (χ2v) is 5.64. The molecule has 2 atom stereocenters. The largest absolute Gasteiger partial charge is 0.445 e. The minimum absolute atomic E-state index is 0.192. The molecule has 1 saturated heterocycles. The highest BCUT2D eigenvalue weighted by Gasteiger charge is 2.39. The van der Waals surface area contributed by atoms with Gasteiger partial charge in [0.2, 0.25) is 0 Å². The van der Waals surface area contributed by atoms with Gasteiger partial charge < -0.3 is 4.74 Å². The Labute approximate surface area is 118 Å². The van der Waals surface area contributed by atoms with Gasteiger partial charge >= 0.3 is 6.09 Å². The Balaban J connectivity index is 1.60. The first-order valence-corrected chi connectivity index (χ1v) is 7.24. The minimum Gasteiger partial charge on any atom is -0.445 e. The summed E-state index contributed by atoms with van der Waals surface area (Å²) >= 11 is 0. The van der Waals surface area contributed by atoms with Crippen LogP contribution in [0.5, 0.6) is 0 Å². The van der Waals surface area contributed by atoms with Crippen molar-refractivity contribution < 1.29 is 14.3 Å². The van der Waals surface area contributed by atoms with Gasteiger partial charge in [-0.1, -0.05) is 30.3 Å². The van der Waals surface area contributed by atoms with Gasteiger partial charge in [0.25, 0.3) is 0 Å². The van der Waals surface area contributed by atoms with Crippen LogP contribution in [-0.4, -0.2) is 29.4 Å². The second-order valence-electron chi connectivity index (χ2n) is 5.64. The second kappa shape index (κ2) is 5.65. The van der Waals surface area contributed by atoms with Gasteiger partial charge in [-0.15, -0.1) is 0 Å². The summed E-state index contributed by atoms with van der Waals surface area (Å²) in [6.45, 7) is 0.912. The molecule has 4 nitrogen and oxygen atoms in total. The van der Waals surface area contributed by atoms with E-state index in [9.17, 15) is 9.59 Å². The summed E-state index contributed by atoms with van der Waals surface area (Å²) in [4.78, 5) is 25.7. The number of nitrogens with zero attached hydrogens (tertiary/aromatic N) is 1. The van der Waals surface area contributed by atoms with Gasteiger partial charge in [0.15, 0.2) is 5.78 Å². The van der Waals surface area contributed by atoms with E-state index in [1.807, 2.05) is 30.3 Å². The number of rotatable bonds is 2. The number of Topliss-reactive ketones (excluding diaryl/α,β-unsaturated/α-hetero) is 1. The molecule has 1 aliphatic carbocycles. The molecule has 1 heterocycles. The van der Waals surface area contributed by atoms with Gasteiger partial charge in [-0.2, -0.15) is 0 Å². The quantitative estimate of drug-likeness (QED) is 0.832. The highest BCUT2D eigenvalue weighted by molar-refractivity contribution is 5.88. The molecular weight excluding hydrogens is 254 g/mol. The summed E-state index contributed by atoms with van der Waals surface area (Å²) < 4.78 is 5.34. The standard InChI is InChI=1S/C16H19NO3/c18-15-7-6-12-8-9-17(14(15)10-12)16(19)20-11-13-4-2-1-3-5-13/h1-5,12,14H,6-11H2. The van der Waals surface area contributed by atoms with Crippen LogP contribution in [0.15, 0.2) is 30.3 Å². The summed E-state index contributed by atoms with van der Waals surface area (Å²) in [5, 5.41) is 0. The molecule has 1 saturated carbocycles. The van der Waals surface area contributed by atoms with Crippen LogP contribution in [0.3, 0.4) is 0 Å². The molecule has 0 spiro atoms. The van der Waals surface area contributed by atoms with Crippen molar-refractivity contribution in [2.45, 2.75) is 38.3 Å². The van der Waals surface area contributed by atoms with Crippen LogP contribution in [0.2, 0.25) is 0 Å². The van der Waals surface area contributed by atoms with Gasteiger partial charge in [0.05, 0.1) is 6.04 Å². The van der Waals surface area contributed by atoms with Crippen LogP contribution in [0, 0.1) is 5.92 Å². The minimum atomic E-state index is -0.354. The Kier molecular flexibility index (Phi) is 3.72. The van der Waals surface area contributed by atoms with E-state index < -0.39 is 0 Å². The number of fused-ring (bicyclic) bond motifs is 2. The van der Waals surface area contributed by atoms with Crippen LogP contribution in [0.25, 0.3) is 0 Å². The SMILES string of the molecule is O=C1CCC2CCN(C(=O)OCc3ccccc3)C1C2. The number of ketones is 1. The molecular formula is C16H19NO3. The normalized spacial score (nSPS) is 25.4. The van der Waals surface area contributed by atoms with Crippen LogP contribution in [0.1, 0.15) is 31.2 Å². The van der Waals surface area contributed by atoms with Crippen molar-refractivity contribution in [1.29, 1.82) is 0 Å². The number of hydrogen-bond acceptors (Lipinski definition) is 3. The predicted molar refractivity (Wildman–Crippen MR) is 74.1 cm³/mol. The average molecular weight is 273 g/mol. The Bertz CT molecular complexity index is 500. The molecule has 2 bridgehead atoms. The highest BCUT2D eigenvalue weighted by Crippen LogP contribution is 2.33. The summed E-state index contributed by atoms with van der Waals surface area (Å²) in [7, 11) is 0. The number of benzene rings is 1. The van der Waals surface area contributed by atoms with E-state index in [2.05, 4.69) is 0 Å². The van der Waals surface area contributed by atoms with Crippen molar-refractivity contribution in [1.82, 2.24) is 4.90 Å². The van der Waals surface area contributed by atoms with Crippen molar-refractivity contribution in [3.05, 3.63) is 35.9 Å². The molecule has 1 aromatic rings. The van der Waals surface area contributed by atoms with Crippen LogP contribution >= 0.6 is 0 Å². The molecule has 0 N–H and O–H groups in total. The van der Waals surface area contributed by atoms with Crippen LogP contribution < -0.4 is 0 Å². The molecule has 1 aromatic carbocycles. The number of likely N-dealkylation sites (tertiary alicyclic amines) is 1. The molecule has 4 heteroatoms. The highest BCUT2D eigenvalue weighted by atomic mass is 16.6. The number of piperidine rings is 1. The molecule has 1 aliphatic heterocycles. The zero-order valence-corrected chi connectivity index (χ0v) is 11.5. The van der Waals surface area contributed by atoms with Gasteiger partial charge in [-0.05, 0) is 30.7 Å². The summed E-state index contributed by atoms with van der Waals surface area (Å²) in [6.07, 6.45) is 3.05. The maximum atomic E-state index is 12.2. The lowest BCUT2D eigenvalue weighted by Crippen LogP contribution is -2.52. The Morgan fingerprint density at radius 2 is 2.05 bits per heavy atom. The van der Waals surface area contributed by atoms with Gasteiger partial charge in [0.1, 0.15) is 6.61 Å². The lowest BCUT2D eigenvalue weighted by molar-refractivity contribution is -0.128. The Hall–Kier alpha value is -1.84. The predicted octanol–water partition coefficient (Wildman–Crippen LogP) is 2.77. The first-order chi connectivity index (χ1) is 9.74. The lowest BCUT2D eigenvalue weighted by atomic mass is 9.79. The summed E-state index contributed by atoms with van der Waals surface area (Å²) in [6, 6.07) is 9.36. The van der Waals surface area contributed by atoms with Crippen molar-refractivity contribution in [2.24, 2.45) is 5.92 Å². The third-order valence-electron chi connectivity index (χ3n) is 4.32. The molecule has 2 aliphatic rings. The zero-order chi connectivity index (χ0) is 13.9. The third kappa shape index (κ3) is 2.69. The zero-order valence-electron chi connectivity index (χ0n) is 11.5. The Morgan fingerprint density at radius 3 is 2.85 bits per heavy atom. The fourth-order valence-electron chi connectivity index (χ4n) is 3.14. The van der Waals surface area contributed by atoms with E-state index in [0.29, 0.717) is 18.9 Å². The van der Waals surface area contributed by atoms with Crippen molar-refractivity contribution in [2.75, 3.05) is 6.54 Å². The van der Waals surface area contributed by atoms with E-state index in [1.54, 1.807) is 4.90 Å². The Morgan fingerprint density at radius 1 is 1.25 bits per heavy atom. The van der Waals surface area contributed by atoms with Gasteiger partial charge in [-0.3, -0.25) is 9.69 Å². The van der Waals surface area contributed by atoms with E-state index >= 15 is 0 Å². The number of amides is 1. The fraction of sp³-hybridized carbons (Fsp3) is 0.500. The van der Waals surface area contributed by atoms with Crippen molar-refractivity contribution >= 4 is 11.9 Å². The number of ether oxygens (including phenoxy) is 1. The molecule has 0 radical (unpaired) electrons. The van der Waals surface area contributed by atoms with Crippen LogP contribution in [-0.2, 0) is 16.1 Å². The number of carbonyl (C=O) groups is 2. The monoisotopic (exact) mass is 273 g/mol. The van der Waals surface area contributed by atoms with E-state index in [-0.39, 0.29) is 24.5 Å². The molecule has 1 amide bonds. The fourth-order valence-corrected chi connectivity index (χ4v) is 3.14. The number of carbonyl (C=O) groups excluding carboxylic acids is 2. The molecule has 2 unspecified atom stereocenters. The first-order valence-electron chi connectivity index (χ1n) is 7.24. The smallest absolute Gasteiger partial charge is 0.410 e. The maximum absolute atomic E-state index is 12.2. The average Bonchev–Trinajstić information content (AvgIpc) is 2.50. The van der Waals surface area contributed by atoms with Gasteiger partial charge in [0, 0.05) is 13.0 Å². The van der Waals surface area contributed by atoms with E-state index in [1.165, 1.54) is 0 Å². The van der Waals surface area contributed by atoms with Gasteiger partial charge in [-0.25, -0.2) is 4.79 Å². The van der Waals surface area contributed by atoms with Crippen LogP contribution in [0.4, 0.5) is 4.79 Å². The third-order valence-corrected chi connectivity index (χ3v) is 4.32. The van der Waals surface area contributed by atoms with E-state index in [0.717, 1.165) is 24.8 Å². The summed E-state index contributed by atoms with van der Waals surface area (Å²) in [5.41, 5.74) is 0.964. The lowest BCUT2D eigenvalue weighted by Gasteiger charge is -2.41. The summed E-state index contributed by atoms with van der Waals surface area (Å²) in [5.74, 6) is 0.800. The molecule has 106 valence electrons. The van der Waals surface area contributed by atoms with Crippen molar-refractivity contribution in [3.8, 4) is 0 Å². The number of hydrogen-bond donors (Lipinski definition) is 0.